The van der Waals surface area contributed by atoms with Gasteiger partial charge in [0.25, 0.3) is 5.78 Å². The lowest BCUT2D eigenvalue weighted by atomic mass is 9.97. The fourth-order valence-corrected chi connectivity index (χ4v) is 5.09. The van der Waals surface area contributed by atoms with E-state index in [9.17, 15) is 0 Å². The number of fused-ring (bicyclic) bond motifs is 1. The smallest absolute Gasteiger partial charge is 0.259 e. The molecule has 2 aliphatic rings. The Hall–Kier alpha value is -3.44. The lowest BCUT2D eigenvalue weighted by Gasteiger charge is -2.39. The molecule has 12 heteroatoms. The van der Waals surface area contributed by atoms with Crippen molar-refractivity contribution in [2.45, 2.75) is 12.8 Å². The highest BCUT2D eigenvalue weighted by Crippen LogP contribution is 2.25. The molecule has 0 aliphatic carbocycles. The minimum Gasteiger partial charge on any atom is -0.461 e. The fraction of sp³-hybridized carbons (Fsp3) is 0.435. The molecule has 35 heavy (non-hydrogen) atoms. The highest BCUT2D eigenvalue weighted by atomic mass is 35.5. The number of rotatable bonds is 5. The number of aromatic nitrogens is 6. The van der Waals surface area contributed by atoms with Crippen LogP contribution in [0, 0.1) is 5.92 Å². The Kier molecular flexibility index (Phi) is 5.86. The van der Waals surface area contributed by atoms with Crippen molar-refractivity contribution in [2.24, 2.45) is 5.92 Å². The lowest BCUT2D eigenvalue weighted by Crippen LogP contribution is -2.50. The van der Waals surface area contributed by atoms with Gasteiger partial charge in [-0.2, -0.15) is 19.5 Å². The zero-order valence-electron chi connectivity index (χ0n) is 19.3. The number of anilines is 3. The van der Waals surface area contributed by atoms with Gasteiger partial charge in [0, 0.05) is 57.0 Å². The van der Waals surface area contributed by atoms with Gasteiger partial charge in [-0.3, -0.25) is 4.90 Å². The third-order valence-electron chi connectivity index (χ3n) is 6.69. The van der Waals surface area contributed by atoms with Gasteiger partial charge in [-0.15, -0.1) is 5.10 Å². The molecular weight excluding hydrogens is 468 g/mol. The topological polar surface area (TPSA) is 118 Å². The molecule has 0 bridgehead atoms. The molecule has 0 amide bonds. The highest BCUT2D eigenvalue weighted by Gasteiger charge is 2.27. The van der Waals surface area contributed by atoms with Crippen molar-refractivity contribution in [1.29, 1.82) is 0 Å². The van der Waals surface area contributed by atoms with Crippen molar-refractivity contribution in [3.63, 3.8) is 0 Å². The Morgan fingerprint density at radius 1 is 1.06 bits per heavy atom. The van der Waals surface area contributed by atoms with Gasteiger partial charge in [-0.1, -0.05) is 11.6 Å². The van der Waals surface area contributed by atoms with E-state index < -0.39 is 0 Å². The summed E-state index contributed by atoms with van der Waals surface area (Å²) in [7, 11) is 0. The molecule has 11 nitrogen and oxygen atoms in total. The zero-order valence-corrected chi connectivity index (χ0v) is 20.0. The molecule has 0 spiro atoms. The predicted octanol–water partition coefficient (Wildman–Crippen LogP) is 2.45. The summed E-state index contributed by atoms with van der Waals surface area (Å²) in [4.78, 5) is 25.2. The van der Waals surface area contributed by atoms with E-state index in [4.69, 9.17) is 21.8 Å². The van der Waals surface area contributed by atoms with E-state index in [1.54, 1.807) is 24.6 Å². The van der Waals surface area contributed by atoms with Crippen LogP contribution < -0.4 is 15.5 Å². The van der Waals surface area contributed by atoms with Gasteiger partial charge in [0.1, 0.15) is 5.82 Å². The van der Waals surface area contributed by atoms with Gasteiger partial charge in [-0.25, -0.2) is 4.98 Å². The van der Waals surface area contributed by atoms with E-state index in [1.807, 2.05) is 12.1 Å². The van der Waals surface area contributed by atoms with Crippen molar-refractivity contribution >= 4 is 35.1 Å². The van der Waals surface area contributed by atoms with Gasteiger partial charge in [-0.05, 0) is 43.0 Å². The number of nitrogens with two attached hydrogens (primary N) is 1. The summed E-state index contributed by atoms with van der Waals surface area (Å²) < 4.78 is 6.86. The van der Waals surface area contributed by atoms with Gasteiger partial charge < -0.3 is 20.0 Å². The van der Waals surface area contributed by atoms with Crippen LogP contribution in [0.25, 0.3) is 17.4 Å². The van der Waals surface area contributed by atoms with Crippen LogP contribution in [0.3, 0.4) is 0 Å². The zero-order chi connectivity index (χ0) is 23.8. The first kappa shape index (κ1) is 22.1. The van der Waals surface area contributed by atoms with Crippen molar-refractivity contribution in [3.05, 3.63) is 41.7 Å². The molecule has 1 unspecified atom stereocenters. The normalized spacial score (nSPS) is 19.5. The average molecular weight is 495 g/mol. The Morgan fingerprint density at radius 3 is 2.74 bits per heavy atom. The molecule has 6 rings (SSSR count). The number of piperazine rings is 1. The monoisotopic (exact) mass is 494 g/mol. The third-order valence-corrected chi connectivity index (χ3v) is 6.92. The number of hydrogen-bond acceptors (Lipinski definition) is 10. The number of hydrogen-bond donors (Lipinski definition) is 1. The van der Waals surface area contributed by atoms with Crippen LogP contribution in [-0.2, 0) is 0 Å². The second-order valence-electron chi connectivity index (χ2n) is 9.08. The van der Waals surface area contributed by atoms with E-state index in [0.717, 1.165) is 63.1 Å². The van der Waals surface area contributed by atoms with E-state index in [-0.39, 0.29) is 5.95 Å². The summed E-state index contributed by atoms with van der Waals surface area (Å²) >= 11 is 6.14. The molecule has 1 atom stereocenters. The molecule has 6 heterocycles. The summed E-state index contributed by atoms with van der Waals surface area (Å²) in [6.07, 6.45) is 5.64. The minimum absolute atomic E-state index is 0.267. The molecule has 2 saturated heterocycles. The van der Waals surface area contributed by atoms with E-state index >= 15 is 0 Å². The van der Waals surface area contributed by atoms with E-state index in [2.05, 4.69) is 39.7 Å². The SMILES string of the molecule is Nc1nc(N2CCCC(CN3CCN(c4cc(Cl)ccn4)CC3)C2)nc2nc(-c3ccco3)nn12. The van der Waals surface area contributed by atoms with Crippen LogP contribution in [-0.4, -0.2) is 80.3 Å². The summed E-state index contributed by atoms with van der Waals surface area (Å²) in [5.41, 5.74) is 6.21. The van der Waals surface area contributed by atoms with Crippen LogP contribution in [0.1, 0.15) is 12.8 Å². The van der Waals surface area contributed by atoms with Gasteiger partial charge in [0.2, 0.25) is 17.7 Å². The quantitative estimate of drug-likeness (QED) is 0.443. The van der Waals surface area contributed by atoms with Crippen molar-refractivity contribution in [1.82, 2.24) is 34.4 Å². The fourth-order valence-electron chi connectivity index (χ4n) is 4.93. The lowest BCUT2D eigenvalue weighted by molar-refractivity contribution is 0.205. The second kappa shape index (κ2) is 9.31. The van der Waals surface area contributed by atoms with Crippen molar-refractivity contribution < 1.29 is 4.42 Å². The molecule has 2 aliphatic heterocycles. The molecule has 0 radical (unpaired) electrons. The van der Waals surface area contributed by atoms with Crippen molar-refractivity contribution in [3.8, 4) is 11.6 Å². The molecule has 2 fully saturated rings. The second-order valence-corrected chi connectivity index (χ2v) is 9.52. The Balaban J connectivity index is 1.10. The first-order valence-electron chi connectivity index (χ1n) is 11.9. The number of nitrogens with zero attached hydrogens (tertiary/aromatic N) is 9. The van der Waals surface area contributed by atoms with Crippen LogP contribution in [0.2, 0.25) is 5.02 Å². The molecular formula is C23H27ClN10O. The summed E-state index contributed by atoms with van der Waals surface area (Å²) in [5.74, 6) is 3.80. The summed E-state index contributed by atoms with van der Waals surface area (Å²) in [6.45, 7) is 6.77. The standard InChI is InChI=1S/C23H27ClN10O/c24-17-5-6-26-19(13-17)32-10-8-31(9-11-32)14-16-3-1-7-33(15-16)22-28-21(25)34-23(29-22)27-20(30-34)18-4-2-12-35-18/h2,4-6,12-13,16H,1,3,7-11,14-15H2,(H2,25,27,28,29,30). The average Bonchev–Trinajstić information content (AvgIpc) is 3.55. The number of furan rings is 1. The first-order valence-corrected chi connectivity index (χ1v) is 12.3. The molecule has 4 aromatic heterocycles. The van der Waals surface area contributed by atoms with Crippen molar-refractivity contribution in [2.75, 3.05) is 61.3 Å². The number of halogens is 1. The number of piperidine rings is 1. The largest absolute Gasteiger partial charge is 0.461 e. The van der Waals surface area contributed by atoms with E-state index in [0.29, 0.717) is 29.2 Å². The Bertz CT molecular complexity index is 1300. The maximum absolute atomic E-state index is 6.21. The molecule has 0 saturated carbocycles. The maximum atomic E-state index is 6.21. The van der Waals surface area contributed by atoms with Gasteiger partial charge in [0.05, 0.1) is 6.26 Å². The van der Waals surface area contributed by atoms with Crippen LogP contribution >= 0.6 is 11.6 Å². The van der Waals surface area contributed by atoms with Crippen LogP contribution in [0.4, 0.5) is 17.7 Å². The molecule has 0 aromatic carbocycles. The third kappa shape index (κ3) is 4.61. The predicted molar refractivity (Wildman–Crippen MR) is 134 cm³/mol. The molecule has 182 valence electrons. The Labute approximate surface area is 207 Å². The first-order chi connectivity index (χ1) is 17.1. The minimum atomic E-state index is 0.267. The summed E-state index contributed by atoms with van der Waals surface area (Å²) in [5, 5.41) is 5.11. The number of pyridine rings is 1. The van der Waals surface area contributed by atoms with Gasteiger partial charge in [0.15, 0.2) is 5.76 Å². The van der Waals surface area contributed by atoms with E-state index in [1.165, 1.54) is 10.9 Å². The Morgan fingerprint density at radius 2 is 1.94 bits per heavy atom. The van der Waals surface area contributed by atoms with Gasteiger partial charge >= 0.3 is 0 Å². The number of nitrogen functional groups attached to an aromatic ring is 1. The highest BCUT2D eigenvalue weighted by molar-refractivity contribution is 6.30. The van der Waals surface area contributed by atoms with Crippen LogP contribution in [0.5, 0.6) is 0 Å². The summed E-state index contributed by atoms with van der Waals surface area (Å²) in [6, 6.07) is 7.35. The molecule has 4 aromatic rings. The van der Waals surface area contributed by atoms with Crippen LogP contribution in [0.15, 0.2) is 41.1 Å². The maximum Gasteiger partial charge on any atom is 0.259 e. The molecule has 2 N–H and O–H groups in total.